The van der Waals surface area contributed by atoms with Crippen LogP contribution in [0.3, 0.4) is 0 Å². The number of nitrogens with zero attached hydrogens (tertiary/aromatic N) is 1. The standard InChI is InChI=1S/C21H20F3N3O2/c1-2-4-18(28)17-8-7-16(10-19(17)29)25-11-14-12-26-27-20(14)13-5-3-6-15(9-13)21(22,23)24/h3,5-10,12,25,29H,2,4,11H2,1H3,(H,26,27). The molecule has 8 heteroatoms. The van der Waals surface area contributed by atoms with Crippen molar-refractivity contribution in [3.8, 4) is 17.0 Å². The van der Waals surface area contributed by atoms with Gasteiger partial charge in [0.2, 0.25) is 0 Å². The number of phenols is 1. The van der Waals surface area contributed by atoms with Gasteiger partial charge in [0.05, 0.1) is 23.0 Å². The summed E-state index contributed by atoms with van der Waals surface area (Å²) in [6.45, 7) is 2.15. The summed E-state index contributed by atoms with van der Waals surface area (Å²) in [7, 11) is 0. The Labute approximate surface area is 165 Å². The topological polar surface area (TPSA) is 78.0 Å². The maximum atomic E-state index is 13.0. The van der Waals surface area contributed by atoms with Crippen LogP contribution in [0, 0.1) is 0 Å². The largest absolute Gasteiger partial charge is 0.507 e. The van der Waals surface area contributed by atoms with Crippen LogP contribution in [0.1, 0.15) is 41.3 Å². The fourth-order valence-electron chi connectivity index (χ4n) is 2.98. The predicted molar refractivity (Wildman–Crippen MR) is 104 cm³/mol. The summed E-state index contributed by atoms with van der Waals surface area (Å²) >= 11 is 0. The normalized spacial score (nSPS) is 11.4. The molecule has 5 nitrogen and oxygen atoms in total. The SMILES string of the molecule is CCCC(=O)c1ccc(NCc2cn[nH]c2-c2cccc(C(F)(F)F)c2)cc1O. The lowest BCUT2D eigenvalue weighted by atomic mass is 10.0. The molecule has 152 valence electrons. The number of benzene rings is 2. The average molecular weight is 403 g/mol. The Balaban J connectivity index is 1.76. The van der Waals surface area contributed by atoms with E-state index >= 15 is 0 Å². The van der Waals surface area contributed by atoms with Crippen molar-refractivity contribution in [1.82, 2.24) is 10.2 Å². The summed E-state index contributed by atoms with van der Waals surface area (Å²) in [6, 6.07) is 9.68. The lowest BCUT2D eigenvalue weighted by molar-refractivity contribution is -0.137. The van der Waals surface area contributed by atoms with E-state index in [1.165, 1.54) is 18.3 Å². The van der Waals surface area contributed by atoms with Crippen LogP contribution in [0.25, 0.3) is 11.3 Å². The molecule has 3 N–H and O–H groups in total. The zero-order valence-corrected chi connectivity index (χ0v) is 15.7. The number of aromatic amines is 1. The number of hydrogen-bond acceptors (Lipinski definition) is 4. The van der Waals surface area contributed by atoms with Gasteiger partial charge in [-0.25, -0.2) is 0 Å². The molecule has 0 bridgehead atoms. The minimum absolute atomic E-state index is 0.112. The van der Waals surface area contributed by atoms with E-state index in [1.54, 1.807) is 18.2 Å². The summed E-state index contributed by atoms with van der Waals surface area (Å²) in [6.07, 6.45) is -1.85. The zero-order chi connectivity index (χ0) is 21.0. The number of aromatic nitrogens is 2. The number of ketones is 1. The number of carbonyl (C=O) groups excluding carboxylic acids is 1. The second-order valence-corrected chi connectivity index (χ2v) is 6.61. The van der Waals surface area contributed by atoms with E-state index < -0.39 is 11.7 Å². The van der Waals surface area contributed by atoms with Crippen LogP contribution >= 0.6 is 0 Å². The van der Waals surface area contributed by atoms with Crippen LogP contribution in [0.5, 0.6) is 5.75 Å². The van der Waals surface area contributed by atoms with E-state index in [1.807, 2.05) is 6.92 Å². The van der Waals surface area contributed by atoms with E-state index in [0.29, 0.717) is 35.3 Å². The fourth-order valence-corrected chi connectivity index (χ4v) is 2.98. The molecule has 3 rings (SSSR count). The van der Waals surface area contributed by atoms with Gasteiger partial charge in [0.1, 0.15) is 5.75 Å². The first-order valence-corrected chi connectivity index (χ1v) is 9.09. The molecule has 29 heavy (non-hydrogen) atoms. The molecule has 3 aromatic rings. The Morgan fingerprint density at radius 3 is 2.69 bits per heavy atom. The van der Waals surface area contributed by atoms with Gasteiger partial charge in [0, 0.05) is 35.8 Å². The number of carbonyl (C=O) groups is 1. The number of rotatable bonds is 7. The second-order valence-electron chi connectivity index (χ2n) is 6.61. The van der Waals surface area contributed by atoms with Crippen LogP contribution in [0.15, 0.2) is 48.7 Å². The van der Waals surface area contributed by atoms with Crippen LogP contribution in [0.2, 0.25) is 0 Å². The van der Waals surface area contributed by atoms with Crippen LogP contribution in [-0.4, -0.2) is 21.1 Å². The first kappa shape index (κ1) is 20.4. The Morgan fingerprint density at radius 1 is 1.21 bits per heavy atom. The van der Waals surface area contributed by atoms with Crippen molar-refractivity contribution in [3.63, 3.8) is 0 Å². The van der Waals surface area contributed by atoms with Gasteiger partial charge in [-0.1, -0.05) is 19.1 Å². The van der Waals surface area contributed by atoms with Gasteiger partial charge in [-0.15, -0.1) is 0 Å². The Kier molecular flexibility index (Phi) is 5.91. The molecule has 0 fully saturated rings. The summed E-state index contributed by atoms with van der Waals surface area (Å²) in [4.78, 5) is 11.9. The van der Waals surface area contributed by atoms with Gasteiger partial charge in [-0.05, 0) is 30.7 Å². The molecule has 0 aliphatic carbocycles. The monoisotopic (exact) mass is 403 g/mol. The molecular weight excluding hydrogens is 383 g/mol. The van der Waals surface area contributed by atoms with Crippen LogP contribution < -0.4 is 5.32 Å². The molecule has 0 spiro atoms. The highest BCUT2D eigenvalue weighted by Gasteiger charge is 2.30. The van der Waals surface area contributed by atoms with Crippen molar-refractivity contribution in [3.05, 3.63) is 65.4 Å². The molecule has 0 atom stereocenters. The summed E-state index contributed by atoms with van der Waals surface area (Å²) in [5, 5.41) is 19.9. The predicted octanol–water partition coefficient (Wildman–Crippen LogP) is 5.40. The lowest BCUT2D eigenvalue weighted by Gasteiger charge is -2.11. The number of nitrogens with one attached hydrogen (secondary N) is 2. The minimum atomic E-state index is -4.43. The molecule has 0 saturated carbocycles. The van der Waals surface area contributed by atoms with Crippen LogP contribution in [0.4, 0.5) is 18.9 Å². The van der Waals surface area contributed by atoms with E-state index in [-0.39, 0.29) is 23.6 Å². The van der Waals surface area contributed by atoms with Gasteiger partial charge in [0.15, 0.2) is 5.78 Å². The minimum Gasteiger partial charge on any atom is -0.507 e. The molecule has 0 saturated heterocycles. The molecule has 0 radical (unpaired) electrons. The van der Waals surface area contributed by atoms with Crippen molar-refractivity contribution in [1.29, 1.82) is 0 Å². The highest BCUT2D eigenvalue weighted by Crippen LogP contribution is 2.32. The number of alkyl halides is 3. The van der Waals surface area contributed by atoms with E-state index in [2.05, 4.69) is 15.5 Å². The summed E-state index contributed by atoms with van der Waals surface area (Å²) < 4.78 is 38.9. The van der Waals surface area contributed by atoms with Crippen molar-refractivity contribution >= 4 is 11.5 Å². The Bertz CT molecular complexity index is 1010. The third-order valence-corrected chi connectivity index (χ3v) is 4.45. The van der Waals surface area contributed by atoms with Crippen molar-refractivity contribution in [2.45, 2.75) is 32.5 Å². The molecule has 0 amide bonds. The maximum Gasteiger partial charge on any atom is 0.416 e. The number of halogens is 3. The molecule has 2 aromatic carbocycles. The quantitative estimate of drug-likeness (QED) is 0.462. The number of Topliss-reactive ketones (excluding diaryl/α,β-unsaturated/α-hetero) is 1. The average Bonchev–Trinajstić information content (AvgIpc) is 3.14. The maximum absolute atomic E-state index is 13.0. The van der Waals surface area contributed by atoms with Crippen LogP contribution in [-0.2, 0) is 12.7 Å². The molecule has 1 heterocycles. The zero-order valence-electron chi connectivity index (χ0n) is 15.7. The number of aromatic hydroxyl groups is 1. The van der Waals surface area contributed by atoms with Crippen molar-refractivity contribution in [2.75, 3.05) is 5.32 Å². The van der Waals surface area contributed by atoms with Crippen molar-refractivity contribution < 1.29 is 23.1 Å². The smallest absolute Gasteiger partial charge is 0.416 e. The molecule has 0 aliphatic heterocycles. The number of hydrogen-bond donors (Lipinski definition) is 3. The number of anilines is 1. The van der Waals surface area contributed by atoms with E-state index in [9.17, 15) is 23.1 Å². The van der Waals surface area contributed by atoms with E-state index in [4.69, 9.17) is 0 Å². The lowest BCUT2D eigenvalue weighted by Crippen LogP contribution is -2.05. The summed E-state index contributed by atoms with van der Waals surface area (Å²) in [5.41, 5.74) is 1.62. The van der Waals surface area contributed by atoms with Crippen molar-refractivity contribution in [2.24, 2.45) is 0 Å². The second kappa shape index (κ2) is 8.38. The van der Waals surface area contributed by atoms with Gasteiger partial charge in [-0.3, -0.25) is 9.89 Å². The number of H-pyrrole nitrogens is 1. The van der Waals surface area contributed by atoms with Gasteiger partial charge < -0.3 is 10.4 Å². The van der Waals surface area contributed by atoms with E-state index in [0.717, 1.165) is 12.1 Å². The molecule has 0 aliphatic rings. The molecule has 1 aromatic heterocycles. The van der Waals surface area contributed by atoms with Gasteiger partial charge in [-0.2, -0.15) is 18.3 Å². The molecular formula is C21H20F3N3O2. The molecule has 0 unspecified atom stereocenters. The fraction of sp³-hybridized carbons (Fsp3) is 0.238. The Hall–Kier alpha value is -3.29. The summed E-state index contributed by atoms with van der Waals surface area (Å²) in [5.74, 6) is -0.239. The third kappa shape index (κ3) is 4.77. The third-order valence-electron chi connectivity index (χ3n) is 4.45. The first-order chi connectivity index (χ1) is 13.8. The van der Waals surface area contributed by atoms with Gasteiger partial charge >= 0.3 is 6.18 Å². The number of phenolic OH excluding ortho intramolecular Hbond substituents is 1. The highest BCUT2D eigenvalue weighted by atomic mass is 19.4. The Morgan fingerprint density at radius 2 is 2.00 bits per heavy atom. The van der Waals surface area contributed by atoms with Gasteiger partial charge in [0.25, 0.3) is 0 Å². The highest BCUT2D eigenvalue weighted by molar-refractivity contribution is 5.98. The first-order valence-electron chi connectivity index (χ1n) is 9.09.